The van der Waals surface area contributed by atoms with Gasteiger partial charge in [-0.25, -0.2) is 14.6 Å². The van der Waals surface area contributed by atoms with Gasteiger partial charge in [-0.2, -0.15) is 0 Å². The number of nitrogen functional groups attached to an aromatic ring is 1. The molecule has 10 nitrogen and oxygen atoms in total. The molecular weight excluding hydrogens is 536 g/mol. The van der Waals surface area contributed by atoms with E-state index < -0.39 is 22.8 Å². The highest BCUT2D eigenvalue weighted by Gasteiger charge is 2.54. The van der Waals surface area contributed by atoms with Crippen LogP contribution in [-0.2, 0) is 33.6 Å². The van der Waals surface area contributed by atoms with Crippen molar-refractivity contribution in [3.05, 3.63) is 75.3 Å². The number of carbonyl (C=O) groups is 2. The van der Waals surface area contributed by atoms with Crippen molar-refractivity contribution in [1.82, 2.24) is 15.2 Å². The Bertz CT molecular complexity index is 1620. The summed E-state index contributed by atoms with van der Waals surface area (Å²) in [7, 11) is 1.91. The molecule has 42 heavy (non-hydrogen) atoms. The number of hydrogen-bond donors (Lipinski definition) is 2. The molecule has 0 spiro atoms. The third-order valence-electron chi connectivity index (χ3n) is 8.51. The fourth-order valence-corrected chi connectivity index (χ4v) is 5.74. The number of nitrogens with two attached hydrogens (primary N) is 1. The van der Waals surface area contributed by atoms with Crippen molar-refractivity contribution in [3.63, 3.8) is 0 Å². The van der Waals surface area contributed by atoms with Gasteiger partial charge >= 0.3 is 11.6 Å². The summed E-state index contributed by atoms with van der Waals surface area (Å²) in [5.74, 6) is 0.885. The van der Waals surface area contributed by atoms with Gasteiger partial charge in [0.1, 0.15) is 22.8 Å². The topological polar surface area (TPSA) is 137 Å². The number of hydrogen-bond acceptors (Lipinski definition) is 9. The molecule has 1 unspecified atom stereocenters. The molecule has 1 aromatic carbocycles. The van der Waals surface area contributed by atoms with Crippen LogP contribution in [0.5, 0.6) is 5.75 Å². The van der Waals surface area contributed by atoms with Gasteiger partial charge in [-0.1, -0.05) is 6.08 Å². The summed E-state index contributed by atoms with van der Waals surface area (Å²) in [4.78, 5) is 44.2. The number of fused-ring (bicyclic) bond motifs is 2. The number of esters is 1. The number of ether oxygens (including phenoxy) is 2. The van der Waals surface area contributed by atoms with Crippen molar-refractivity contribution < 1.29 is 23.5 Å². The zero-order valence-electron chi connectivity index (χ0n) is 24.8. The van der Waals surface area contributed by atoms with E-state index >= 15 is 0 Å². The number of nitrogens with one attached hydrogen (secondary N) is 1. The van der Waals surface area contributed by atoms with E-state index in [2.05, 4.69) is 10.3 Å². The first kappa shape index (κ1) is 29.3. The van der Waals surface area contributed by atoms with E-state index in [1.165, 1.54) is 6.07 Å². The van der Waals surface area contributed by atoms with Gasteiger partial charge in [-0.05, 0) is 69.6 Å². The molecule has 0 bridgehead atoms. The maximum atomic E-state index is 13.2. The zero-order valence-corrected chi connectivity index (χ0v) is 24.8. The lowest BCUT2D eigenvalue weighted by molar-refractivity contribution is -0.174. The first-order valence-electron chi connectivity index (χ1n) is 14.2. The molecule has 5 rings (SSSR count). The van der Waals surface area contributed by atoms with Gasteiger partial charge in [-0.3, -0.25) is 4.79 Å². The second-order valence-corrected chi connectivity index (χ2v) is 11.9. The number of benzene rings is 1. The first-order valence-corrected chi connectivity index (χ1v) is 14.2. The average molecular weight is 575 g/mol. The zero-order chi connectivity index (χ0) is 30.2. The summed E-state index contributed by atoms with van der Waals surface area (Å²) in [5, 5.41) is 3.92. The minimum atomic E-state index is -1.13. The molecule has 222 valence electrons. The highest BCUT2D eigenvalue weighted by molar-refractivity contribution is 5.88. The molecule has 1 atom stereocenters. The quantitative estimate of drug-likeness (QED) is 0.224. The van der Waals surface area contributed by atoms with E-state index in [1.54, 1.807) is 44.3 Å². The Kier molecular flexibility index (Phi) is 7.85. The number of anilines is 1. The van der Waals surface area contributed by atoms with Crippen LogP contribution in [0, 0.1) is 5.92 Å². The van der Waals surface area contributed by atoms with Crippen LogP contribution < -0.4 is 21.4 Å². The lowest BCUT2D eigenvalue weighted by Gasteiger charge is -2.43. The van der Waals surface area contributed by atoms with E-state index in [-0.39, 0.29) is 18.7 Å². The van der Waals surface area contributed by atoms with Crippen molar-refractivity contribution >= 4 is 28.7 Å². The molecule has 0 aliphatic carbocycles. The molecule has 4 heterocycles. The standard InChI is InChI=1S/C32H38N4O6/c1-6-19(2)30(39)42-31(3,4)32(14-23-9-21-7-8-29(38)40-25(21)12-26(23)41-32)13-22-10-27(33)35-16-24(22)11-28(37)36-17-20(18-36)15-34-5/h6-10,12,16,20,34H,11,13-15,17-18H2,1-5H3,(H2,33,35). The first-order chi connectivity index (χ1) is 19.9. The summed E-state index contributed by atoms with van der Waals surface area (Å²) >= 11 is 0. The van der Waals surface area contributed by atoms with Gasteiger partial charge < -0.3 is 29.8 Å². The molecule has 2 aromatic heterocycles. The van der Waals surface area contributed by atoms with Crippen LogP contribution in [0.15, 0.2) is 57.4 Å². The number of nitrogens with zero attached hydrogens (tertiary/aromatic N) is 2. The van der Waals surface area contributed by atoms with E-state index in [4.69, 9.17) is 19.6 Å². The van der Waals surface area contributed by atoms with Crippen LogP contribution in [-0.4, -0.2) is 59.6 Å². The van der Waals surface area contributed by atoms with Crippen LogP contribution in [0.25, 0.3) is 11.0 Å². The predicted molar refractivity (Wildman–Crippen MR) is 159 cm³/mol. The van der Waals surface area contributed by atoms with Crippen molar-refractivity contribution in [1.29, 1.82) is 0 Å². The minimum Gasteiger partial charge on any atom is -0.482 e. The number of rotatable bonds is 9. The highest BCUT2D eigenvalue weighted by atomic mass is 16.6. The van der Waals surface area contributed by atoms with E-state index in [0.29, 0.717) is 35.1 Å². The van der Waals surface area contributed by atoms with Gasteiger partial charge in [0.05, 0.1) is 6.42 Å². The maximum absolute atomic E-state index is 13.2. The predicted octanol–water partition coefficient (Wildman–Crippen LogP) is 3.19. The molecule has 1 amide bonds. The molecule has 10 heteroatoms. The Hall–Kier alpha value is -4.18. The largest absolute Gasteiger partial charge is 0.482 e. The Labute approximate surface area is 244 Å². The molecular formula is C32H38N4O6. The van der Waals surface area contributed by atoms with Crippen molar-refractivity contribution in [2.45, 2.75) is 58.2 Å². The third kappa shape index (κ3) is 5.63. The molecule has 1 fully saturated rings. The summed E-state index contributed by atoms with van der Waals surface area (Å²) in [6, 6.07) is 8.50. The second kappa shape index (κ2) is 11.2. The molecule has 3 aromatic rings. The van der Waals surface area contributed by atoms with E-state index in [0.717, 1.165) is 41.7 Å². The molecule has 2 aliphatic heterocycles. The lowest BCUT2D eigenvalue weighted by atomic mass is 9.76. The highest BCUT2D eigenvalue weighted by Crippen LogP contribution is 2.46. The number of aromatic nitrogens is 1. The lowest BCUT2D eigenvalue weighted by Crippen LogP contribution is -2.58. The van der Waals surface area contributed by atoms with Gasteiger partial charge in [0.15, 0.2) is 5.60 Å². The number of amides is 1. The van der Waals surface area contributed by atoms with Gasteiger partial charge in [0.2, 0.25) is 5.91 Å². The Morgan fingerprint density at radius 2 is 2.00 bits per heavy atom. The van der Waals surface area contributed by atoms with Gasteiger partial charge in [-0.15, -0.1) is 0 Å². The Morgan fingerprint density at radius 3 is 2.71 bits per heavy atom. The molecule has 0 radical (unpaired) electrons. The number of carbonyl (C=O) groups excluding carboxylic acids is 2. The van der Waals surface area contributed by atoms with Crippen molar-refractivity contribution in [3.8, 4) is 5.75 Å². The molecule has 0 saturated carbocycles. The molecule has 3 N–H and O–H groups in total. The van der Waals surface area contributed by atoms with Crippen LogP contribution >= 0.6 is 0 Å². The fraction of sp³-hybridized carbons (Fsp3) is 0.438. The van der Waals surface area contributed by atoms with Crippen LogP contribution in [0.2, 0.25) is 0 Å². The third-order valence-corrected chi connectivity index (χ3v) is 8.51. The maximum Gasteiger partial charge on any atom is 0.336 e. The monoisotopic (exact) mass is 574 g/mol. The Morgan fingerprint density at radius 1 is 1.24 bits per heavy atom. The summed E-state index contributed by atoms with van der Waals surface area (Å²) in [6.07, 6.45) is 4.21. The number of allylic oxidation sites excluding steroid dienone is 1. The van der Waals surface area contributed by atoms with Crippen LogP contribution in [0.3, 0.4) is 0 Å². The smallest absolute Gasteiger partial charge is 0.336 e. The Balaban J connectivity index is 1.51. The average Bonchev–Trinajstić information content (AvgIpc) is 3.28. The van der Waals surface area contributed by atoms with E-state index in [9.17, 15) is 14.4 Å². The molecule has 1 saturated heterocycles. The number of pyridine rings is 1. The van der Waals surface area contributed by atoms with Crippen molar-refractivity contribution in [2.24, 2.45) is 5.92 Å². The van der Waals surface area contributed by atoms with E-state index in [1.807, 2.05) is 31.9 Å². The van der Waals surface area contributed by atoms with Gasteiger partial charge in [0, 0.05) is 67.7 Å². The van der Waals surface area contributed by atoms with Crippen LogP contribution in [0.4, 0.5) is 5.82 Å². The molecule has 2 aliphatic rings. The summed E-state index contributed by atoms with van der Waals surface area (Å²) in [5.41, 5.74) is 6.80. The number of likely N-dealkylation sites (tertiary alicyclic amines) is 1. The van der Waals surface area contributed by atoms with Crippen molar-refractivity contribution in [2.75, 3.05) is 32.4 Å². The second-order valence-electron chi connectivity index (χ2n) is 11.9. The minimum absolute atomic E-state index is 0.0236. The van der Waals surface area contributed by atoms with Crippen LogP contribution in [0.1, 0.15) is 44.4 Å². The normalized spacial score (nSPS) is 18.9. The summed E-state index contributed by atoms with van der Waals surface area (Å²) < 4.78 is 18.2. The van der Waals surface area contributed by atoms with Gasteiger partial charge in [0.25, 0.3) is 0 Å². The fourth-order valence-electron chi connectivity index (χ4n) is 5.74. The summed E-state index contributed by atoms with van der Waals surface area (Å²) in [6.45, 7) is 9.45. The SMILES string of the molecule is CC=C(C)C(=O)OC(C)(C)C1(Cc2cc(N)ncc2CC(=O)N2CC(CNC)C2)Cc2cc3ccc(=O)oc3cc2O1.